The maximum atomic E-state index is 5.18. The van der Waals surface area contributed by atoms with Gasteiger partial charge in [-0.1, -0.05) is 0 Å². The summed E-state index contributed by atoms with van der Waals surface area (Å²) in [6, 6.07) is 0. The van der Waals surface area contributed by atoms with Crippen LogP contribution in [0.15, 0.2) is 0 Å². The molecule has 0 aromatic carbocycles. The lowest BCUT2D eigenvalue weighted by molar-refractivity contribution is 0.696. The summed E-state index contributed by atoms with van der Waals surface area (Å²) < 4.78 is 0. The van der Waals surface area contributed by atoms with Gasteiger partial charge in [-0.15, -0.1) is 12.3 Å². The van der Waals surface area contributed by atoms with Crippen LogP contribution >= 0.6 is 0 Å². The number of nitrogens with one attached hydrogen (secondary N) is 1. The quantitative estimate of drug-likeness (QED) is 0.508. The Bertz CT molecular complexity index is 112. The topological polar surface area (TPSA) is 12.0 Å². The van der Waals surface area contributed by atoms with Gasteiger partial charge in [-0.25, -0.2) is 0 Å². The highest BCUT2D eigenvalue weighted by molar-refractivity contribution is 5.07. The molecule has 0 aliphatic heterocycles. The zero-order valence-electron chi connectivity index (χ0n) is 5.15. The lowest BCUT2D eigenvalue weighted by atomic mass is 10.3. The number of hydrogen-bond acceptors (Lipinski definition) is 1. The molecule has 0 bridgehead atoms. The minimum absolute atomic E-state index is 0.586. The van der Waals surface area contributed by atoms with Crippen LogP contribution in [-0.4, -0.2) is 13.6 Å². The fourth-order valence-corrected chi connectivity index (χ4v) is 0.940. The van der Waals surface area contributed by atoms with Crippen molar-refractivity contribution < 1.29 is 0 Å². The summed E-state index contributed by atoms with van der Waals surface area (Å²) in [5, 5.41) is 3.10. The molecule has 2 atom stereocenters. The summed E-state index contributed by atoms with van der Waals surface area (Å²) in [6.07, 6.45) is 6.41. The largest absolute Gasteiger partial charge is 0.319 e. The van der Waals surface area contributed by atoms with E-state index in [1.54, 1.807) is 0 Å². The van der Waals surface area contributed by atoms with Crippen LogP contribution in [0.25, 0.3) is 0 Å². The molecule has 1 aliphatic rings. The van der Waals surface area contributed by atoms with E-state index >= 15 is 0 Å². The normalized spacial score (nSPS) is 34.0. The molecule has 0 unspecified atom stereocenters. The van der Waals surface area contributed by atoms with Crippen molar-refractivity contribution in [3.05, 3.63) is 0 Å². The highest BCUT2D eigenvalue weighted by atomic mass is 14.8. The van der Waals surface area contributed by atoms with Crippen molar-refractivity contribution in [1.82, 2.24) is 5.32 Å². The van der Waals surface area contributed by atoms with E-state index in [0.717, 1.165) is 12.5 Å². The standard InChI is InChI=1S/C7H11N/c1-3-6-4-7(6)5-8-2/h1,6-8H,4-5H2,2H3/t6-,7+/m0/s1. The average molecular weight is 109 g/mol. The Balaban J connectivity index is 2.10. The molecule has 1 aliphatic carbocycles. The smallest absolute Gasteiger partial charge is 0.0244 e. The van der Waals surface area contributed by atoms with Crippen LogP contribution in [0, 0.1) is 24.2 Å². The van der Waals surface area contributed by atoms with Crippen LogP contribution < -0.4 is 5.32 Å². The fraction of sp³-hybridized carbons (Fsp3) is 0.714. The number of hydrogen-bond donors (Lipinski definition) is 1. The zero-order chi connectivity index (χ0) is 5.98. The van der Waals surface area contributed by atoms with Gasteiger partial charge in [-0.3, -0.25) is 0 Å². The van der Waals surface area contributed by atoms with E-state index in [1.165, 1.54) is 6.42 Å². The van der Waals surface area contributed by atoms with Crippen molar-refractivity contribution in [2.75, 3.05) is 13.6 Å². The molecule has 1 rings (SSSR count). The molecule has 1 nitrogen and oxygen atoms in total. The molecule has 44 valence electrons. The van der Waals surface area contributed by atoms with Gasteiger partial charge >= 0.3 is 0 Å². The Morgan fingerprint density at radius 1 is 1.88 bits per heavy atom. The van der Waals surface area contributed by atoms with Crippen molar-refractivity contribution in [3.63, 3.8) is 0 Å². The highest BCUT2D eigenvalue weighted by Crippen LogP contribution is 2.36. The predicted molar refractivity (Wildman–Crippen MR) is 34.4 cm³/mol. The Hall–Kier alpha value is -0.480. The Kier molecular flexibility index (Phi) is 1.55. The number of terminal acetylenes is 1. The molecular weight excluding hydrogens is 98.1 g/mol. The molecule has 0 aromatic heterocycles. The van der Waals surface area contributed by atoms with E-state index in [1.807, 2.05) is 7.05 Å². The second kappa shape index (κ2) is 2.19. The van der Waals surface area contributed by atoms with E-state index in [0.29, 0.717) is 5.92 Å². The van der Waals surface area contributed by atoms with E-state index < -0.39 is 0 Å². The second-order valence-corrected chi connectivity index (χ2v) is 2.33. The average Bonchev–Trinajstić information content (AvgIpc) is 2.48. The van der Waals surface area contributed by atoms with Crippen LogP contribution in [0.1, 0.15) is 6.42 Å². The van der Waals surface area contributed by atoms with Gasteiger partial charge in [0.15, 0.2) is 0 Å². The maximum Gasteiger partial charge on any atom is 0.0244 e. The molecule has 0 spiro atoms. The molecule has 1 N–H and O–H groups in total. The Morgan fingerprint density at radius 2 is 2.62 bits per heavy atom. The monoisotopic (exact) mass is 109 g/mol. The minimum Gasteiger partial charge on any atom is -0.319 e. The molecule has 0 amide bonds. The van der Waals surface area contributed by atoms with Gasteiger partial charge in [0, 0.05) is 5.92 Å². The molecule has 8 heavy (non-hydrogen) atoms. The van der Waals surface area contributed by atoms with Crippen molar-refractivity contribution in [1.29, 1.82) is 0 Å². The third-order valence-corrected chi connectivity index (χ3v) is 1.60. The van der Waals surface area contributed by atoms with Gasteiger partial charge in [-0.05, 0) is 25.9 Å². The summed E-state index contributed by atoms with van der Waals surface area (Å²) in [5.74, 6) is 4.10. The molecule has 0 radical (unpaired) electrons. The minimum atomic E-state index is 0.586. The van der Waals surface area contributed by atoms with E-state index in [2.05, 4.69) is 11.2 Å². The summed E-state index contributed by atoms with van der Waals surface area (Å²) in [6.45, 7) is 1.09. The third-order valence-electron chi connectivity index (χ3n) is 1.60. The van der Waals surface area contributed by atoms with Gasteiger partial charge in [0.1, 0.15) is 0 Å². The third kappa shape index (κ3) is 1.02. The van der Waals surface area contributed by atoms with Crippen LogP contribution in [0.3, 0.4) is 0 Å². The van der Waals surface area contributed by atoms with Crippen LogP contribution in [-0.2, 0) is 0 Å². The second-order valence-electron chi connectivity index (χ2n) is 2.33. The summed E-state index contributed by atoms with van der Waals surface area (Å²) in [7, 11) is 1.96. The summed E-state index contributed by atoms with van der Waals surface area (Å²) in [5.41, 5.74) is 0. The SMILES string of the molecule is C#C[C@H]1C[C@@H]1CNC. The summed E-state index contributed by atoms with van der Waals surface area (Å²) in [4.78, 5) is 0. The van der Waals surface area contributed by atoms with Crippen molar-refractivity contribution in [2.24, 2.45) is 11.8 Å². The predicted octanol–water partition coefficient (Wildman–Crippen LogP) is 0.475. The lowest BCUT2D eigenvalue weighted by Gasteiger charge is -1.90. The first-order chi connectivity index (χ1) is 3.88. The molecule has 1 heteroatoms. The van der Waals surface area contributed by atoms with Crippen molar-refractivity contribution in [3.8, 4) is 12.3 Å². The number of rotatable bonds is 2. The van der Waals surface area contributed by atoms with Crippen molar-refractivity contribution >= 4 is 0 Å². The molecule has 1 fully saturated rings. The van der Waals surface area contributed by atoms with Crippen LogP contribution in [0.4, 0.5) is 0 Å². The van der Waals surface area contributed by atoms with Crippen LogP contribution in [0.2, 0.25) is 0 Å². The van der Waals surface area contributed by atoms with Gasteiger partial charge in [-0.2, -0.15) is 0 Å². The van der Waals surface area contributed by atoms with Gasteiger partial charge < -0.3 is 5.32 Å². The first-order valence-electron chi connectivity index (χ1n) is 2.99. The summed E-state index contributed by atoms with van der Waals surface area (Å²) >= 11 is 0. The van der Waals surface area contributed by atoms with E-state index in [4.69, 9.17) is 6.42 Å². The molecule has 0 heterocycles. The molecule has 1 saturated carbocycles. The van der Waals surface area contributed by atoms with Gasteiger partial charge in [0.25, 0.3) is 0 Å². The van der Waals surface area contributed by atoms with Gasteiger partial charge in [0.05, 0.1) is 0 Å². The molecular formula is C7H11N. The Morgan fingerprint density at radius 3 is 3.00 bits per heavy atom. The fourth-order valence-electron chi connectivity index (χ4n) is 0.940. The zero-order valence-corrected chi connectivity index (χ0v) is 5.15. The highest BCUT2D eigenvalue weighted by Gasteiger charge is 2.34. The molecule has 0 saturated heterocycles. The lowest BCUT2D eigenvalue weighted by Crippen LogP contribution is -2.09. The van der Waals surface area contributed by atoms with Crippen molar-refractivity contribution in [2.45, 2.75) is 6.42 Å². The van der Waals surface area contributed by atoms with Crippen LogP contribution in [0.5, 0.6) is 0 Å². The van der Waals surface area contributed by atoms with Gasteiger partial charge in [0.2, 0.25) is 0 Å². The first kappa shape index (κ1) is 5.65. The molecule has 0 aromatic rings. The van der Waals surface area contributed by atoms with E-state index in [-0.39, 0.29) is 0 Å². The van der Waals surface area contributed by atoms with E-state index in [9.17, 15) is 0 Å². The first-order valence-corrected chi connectivity index (χ1v) is 2.99. The maximum absolute atomic E-state index is 5.18. The Labute approximate surface area is 50.5 Å².